The Labute approximate surface area is 68.2 Å². The van der Waals surface area contributed by atoms with Gasteiger partial charge in [0.15, 0.2) is 0 Å². The van der Waals surface area contributed by atoms with E-state index in [9.17, 15) is 4.79 Å². The second-order valence-electron chi connectivity index (χ2n) is 1.47. The van der Waals surface area contributed by atoms with Crippen LogP contribution < -0.4 is 5.73 Å². The molecule has 0 aromatic heterocycles. The number of nitrogens with two attached hydrogens (primary N) is 1. The number of carbonyl (C=O) groups is 1. The molecule has 0 heterocycles. The quantitative estimate of drug-likeness (QED) is 0.661. The van der Waals surface area contributed by atoms with E-state index in [-0.39, 0.29) is 5.88 Å². The van der Waals surface area contributed by atoms with Crippen LogP contribution in [0.15, 0.2) is 0 Å². The van der Waals surface area contributed by atoms with Crippen LogP contribution in [-0.2, 0) is 4.79 Å². The first-order valence-corrected chi connectivity index (χ1v) is 3.63. The van der Waals surface area contributed by atoms with Crippen molar-refractivity contribution >= 4 is 40.7 Å². The summed E-state index contributed by atoms with van der Waals surface area (Å²) in [6, 6.07) is 0. The molecule has 5 heteroatoms. The summed E-state index contributed by atoms with van der Waals surface area (Å²) in [7, 11) is 0. The van der Waals surface area contributed by atoms with Gasteiger partial charge < -0.3 is 5.73 Å². The Kier molecular flexibility index (Phi) is 4.36. The smallest absolute Gasteiger partial charge is 0.237 e. The van der Waals surface area contributed by atoms with Crippen LogP contribution in [0.2, 0.25) is 0 Å². The van der Waals surface area contributed by atoms with Crippen molar-refractivity contribution in [3.63, 3.8) is 0 Å². The monoisotopic (exact) mass is 189 g/mol. The van der Waals surface area contributed by atoms with Crippen LogP contribution in [0.3, 0.4) is 0 Å². The first-order chi connectivity index (χ1) is 4.09. The minimum Gasteiger partial charge on any atom is -0.368 e. The maximum Gasteiger partial charge on any atom is 0.237 e. The van der Waals surface area contributed by atoms with Gasteiger partial charge in [-0.1, -0.05) is 0 Å². The summed E-state index contributed by atoms with van der Waals surface area (Å²) in [5.74, 6) is -0.518. The van der Waals surface area contributed by atoms with Crippen LogP contribution in [-0.4, -0.2) is 22.5 Å². The minimum absolute atomic E-state index is 0.124. The molecule has 0 aromatic carbocycles. The molecule has 0 saturated carbocycles. The van der Waals surface area contributed by atoms with Gasteiger partial charge in [0.05, 0.1) is 5.38 Å². The van der Waals surface area contributed by atoms with Gasteiger partial charge >= 0.3 is 0 Å². The van der Waals surface area contributed by atoms with E-state index in [0.717, 1.165) is 0 Å². The Bertz CT molecular complexity index is 108. The van der Waals surface area contributed by atoms with Gasteiger partial charge in [0.25, 0.3) is 0 Å². The molecule has 0 aliphatic rings. The highest BCUT2D eigenvalue weighted by atomic mass is 35.5. The van der Waals surface area contributed by atoms with E-state index in [1.807, 2.05) is 0 Å². The number of carbonyl (C=O) groups excluding carboxylic acids is 1. The lowest BCUT2D eigenvalue weighted by Gasteiger charge is -2.07. The third kappa shape index (κ3) is 3.14. The zero-order valence-corrected chi connectivity index (χ0v) is 6.75. The number of primary amides is 1. The van der Waals surface area contributed by atoms with E-state index < -0.39 is 16.7 Å². The summed E-state index contributed by atoms with van der Waals surface area (Å²) in [6.07, 6.45) is 0. The molecule has 54 valence electrons. The molecular weight excluding hydrogens is 184 g/mol. The summed E-state index contributed by atoms with van der Waals surface area (Å²) in [5, 5.41) is -1.45. The largest absolute Gasteiger partial charge is 0.368 e. The van der Waals surface area contributed by atoms with Crippen LogP contribution in [0.4, 0.5) is 0 Å². The third-order valence-corrected chi connectivity index (χ3v) is 2.28. The molecular formula is C4H6Cl3NO. The van der Waals surface area contributed by atoms with E-state index in [2.05, 4.69) is 0 Å². The lowest BCUT2D eigenvalue weighted by Crippen LogP contribution is -2.32. The zero-order valence-electron chi connectivity index (χ0n) is 4.48. The van der Waals surface area contributed by atoms with Crippen LogP contribution >= 0.6 is 34.8 Å². The molecule has 0 rings (SSSR count). The van der Waals surface area contributed by atoms with Gasteiger partial charge in [-0.2, -0.15) is 0 Å². The molecule has 0 radical (unpaired) electrons. The average Bonchev–Trinajstić information content (AvgIpc) is 1.84. The first kappa shape index (κ1) is 9.34. The number of alkyl halides is 3. The molecule has 1 amide bonds. The molecule has 0 aliphatic heterocycles. The normalized spacial score (nSPS) is 16.8. The summed E-state index contributed by atoms with van der Waals surface area (Å²) in [5.41, 5.74) is 4.80. The van der Waals surface area contributed by atoms with Gasteiger partial charge in [0, 0.05) is 5.88 Å². The van der Waals surface area contributed by atoms with E-state index in [1.54, 1.807) is 0 Å². The van der Waals surface area contributed by atoms with Crippen molar-refractivity contribution in [3.05, 3.63) is 0 Å². The maximum absolute atomic E-state index is 10.2. The lowest BCUT2D eigenvalue weighted by molar-refractivity contribution is -0.117. The second kappa shape index (κ2) is 4.20. The average molecular weight is 190 g/mol. The van der Waals surface area contributed by atoms with E-state index in [1.165, 1.54) is 0 Å². The first-order valence-electron chi connectivity index (χ1n) is 2.23. The van der Waals surface area contributed by atoms with Gasteiger partial charge in [0.2, 0.25) is 5.91 Å². The van der Waals surface area contributed by atoms with Gasteiger partial charge in [-0.15, -0.1) is 34.8 Å². The Balaban J connectivity index is 3.72. The van der Waals surface area contributed by atoms with Crippen LogP contribution in [0, 0.1) is 0 Å². The fourth-order valence-electron chi connectivity index (χ4n) is 0.256. The molecule has 0 aromatic rings. The van der Waals surface area contributed by atoms with Crippen molar-refractivity contribution in [1.29, 1.82) is 0 Å². The highest BCUT2D eigenvalue weighted by Gasteiger charge is 2.20. The molecule has 0 aliphatic carbocycles. The molecule has 0 saturated heterocycles. The van der Waals surface area contributed by atoms with Gasteiger partial charge in [0.1, 0.15) is 5.38 Å². The number of hydrogen-bond donors (Lipinski definition) is 1. The summed E-state index contributed by atoms with van der Waals surface area (Å²) < 4.78 is 0. The van der Waals surface area contributed by atoms with Crippen molar-refractivity contribution in [1.82, 2.24) is 0 Å². The number of rotatable bonds is 3. The predicted octanol–water partition coefficient (Wildman–Crippen LogP) is 0.925. The highest BCUT2D eigenvalue weighted by Crippen LogP contribution is 2.10. The molecule has 0 fully saturated rings. The molecule has 2 atom stereocenters. The summed E-state index contributed by atoms with van der Waals surface area (Å²) in [4.78, 5) is 10.2. The number of halogens is 3. The Morgan fingerprint density at radius 1 is 1.56 bits per heavy atom. The van der Waals surface area contributed by atoms with Crippen LogP contribution in [0.25, 0.3) is 0 Å². The van der Waals surface area contributed by atoms with Gasteiger partial charge in [-0.25, -0.2) is 0 Å². The molecule has 0 bridgehead atoms. The van der Waals surface area contributed by atoms with Crippen molar-refractivity contribution in [2.45, 2.75) is 10.8 Å². The van der Waals surface area contributed by atoms with Crippen LogP contribution in [0.5, 0.6) is 0 Å². The zero-order chi connectivity index (χ0) is 7.44. The van der Waals surface area contributed by atoms with Gasteiger partial charge in [-0.05, 0) is 0 Å². The van der Waals surface area contributed by atoms with E-state index >= 15 is 0 Å². The molecule has 0 spiro atoms. The fourth-order valence-corrected chi connectivity index (χ4v) is 0.739. The van der Waals surface area contributed by atoms with Crippen molar-refractivity contribution in [2.24, 2.45) is 5.73 Å². The Hall–Kier alpha value is 0.340. The molecule has 0 unspecified atom stereocenters. The standard InChI is InChI=1S/C4H6Cl3NO/c5-1-2(6)3(7)4(8)9/h2-3H,1H2,(H2,8,9)/t2-,3-/m0/s1. The molecule has 2 N–H and O–H groups in total. The van der Waals surface area contributed by atoms with E-state index in [4.69, 9.17) is 40.5 Å². The minimum atomic E-state index is -0.871. The SMILES string of the molecule is NC(=O)[C@@H](Cl)[C@@H](Cl)CCl. The topological polar surface area (TPSA) is 43.1 Å². The van der Waals surface area contributed by atoms with Crippen molar-refractivity contribution in [3.8, 4) is 0 Å². The van der Waals surface area contributed by atoms with Crippen molar-refractivity contribution in [2.75, 3.05) is 5.88 Å². The Morgan fingerprint density at radius 2 is 2.00 bits per heavy atom. The van der Waals surface area contributed by atoms with Crippen molar-refractivity contribution < 1.29 is 4.79 Å². The van der Waals surface area contributed by atoms with E-state index in [0.29, 0.717) is 0 Å². The fraction of sp³-hybridized carbons (Fsp3) is 0.750. The maximum atomic E-state index is 10.2. The number of amides is 1. The van der Waals surface area contributed by atoms with Gasteiger partial charge in [-0.3, -0.25) is 4.79 Å². The molecule has 2 nitrogen and oxygen atoms in total. The summed E-state index contributed by atoms with van der Waals surface area (Å²) >= 11 is 16.1. The summed E-state index contributed by atoms with van der Waals surface area (Å²) in [6.45, 7) is 0. The van der Waals surface area contributed by atoms with Crippen LogP contribution in [0.1, 0.15) is 0 Å². The number of hydrogen-bond acceptors (Lipinski definition) is 1. The Morgan fingerprint density at radius 3 is 2.11 bits per heavy atom. The second-order valence-corrected chi connectivity index (χ2v) is 2.81. The lowest BCUT2D eigenvalue weighted by atomic mass is 10.3. The predicted molar refractivity (Wildman–Crippen MR) is 39.2 cm³/mol. The molecule has 9 heavy (non-hydrogen) atoms. The third-order valence-electron chi connectivity index (χ3n) is 0.737. The highest BCUT2D eigenvalue weighted by molar-refractivity contribution is 6.39.